The van der Waals surface area contributed by atoms with Gasteiger partial charge in [-0.2, -0.15) is 0 Å². The first kappa shape index (κ1) is 10.3. The average molecular weight is 231 g/mol. The number of thiophene rings is 1. The minimum atomic E-state index is 0.849. The molecule has 2 aromatic rings. The van der Waals surface area contributed by atoms with Gasteiger partial charge in [-0.25, -0.2) is 0 Å². The molecule has 1 atom stereocenters. The summed E-state index contributed by atoms with van der Waals surface area (Å²) >= 11 is 1.96. The van der Waals surface area contributed by atoms with E-state index < -0.39 is 0 Å². The van der Waals surface area contributed by atoms with E-state index in [2.05, 4.69) is 35.6 Å². The smallest absolute Gasteiger partial charge is 0.0345 e. The fourth-order valence-electron chi connectivity index (χ4n) is 2.52. The highest BCUT2D eigenvalue weighted by Crippen LogP contribution is 2.28. The van der Waals surface area contributed by atoms with E-state index >= 15 is 0 Å². The molecule has 16 heavy (non-hydrogen) atoms. The summed E-state index contributed by atoms with van der Waals surface area (Å²) in [6.07, 6.45) is 3.99. The van der Waals surface area contributed by atoms with E-state index in [9.17, 15) is 0 Å². The second kappa shape index (κ2) is 4.56. The van der Waals surface area contributed by atoms with Crippen LogP contribution in [0.3, 0.4) is 0 Å². The van der Waals surface area contributed by atoms with Crippen LogP contribution in [-0.4, -0.2) is 13.1 Å². The molecule has 0 unspecified atom stereocenters. The maximum absolute atomic E-state index is 3.49. The lowest BCUT2D eigenvalue weighted by atomic mass is 9.95. The Bertz CT molecular complexity index is 435. The van der Waals surface area contributed by atoms with Crippen molar-refractivity contribution in [3.8, 4) is 0 Å². The van der Waals surface area contributed by atoms with Crippen LogP contribution < -0.4 is 5.32 Å². The Balaban J connectivity index is 1.78. The van der Waals surface area contributed by atoms with Crippen molar-refractivity contribution in [2.45, 2.75) is 19.3 Å². The van der Waals surface area contributed by atoms with Gasteiger partial charge in [0, 0.05) is 9.58 Å². The molecule has 1 aromatic heterocycles. The molecule has 0 aliphatic carbocycles. The Morgan fingerprint density at radius 1 is 1.31 bits per heavy atom. The van der Waals surface area contributed by atoms with E-state index in [0.717, 1.165) is 5.92 Å². The zero-order chi connectivity index (χ0) is 10.8. The summed E-state index contributed by atoms with van der Waals surface area (Å²) in [6.45, 7) is 2.41. The monoisotopic (exact) mass is 231 g/mol. The van der Waals surface area contributed by atoms with Crippen LogP contribution in [0.2, 0.25) is 0 Å². The van der Waals surface area contributed by atoms with Crippen molar-refractivity contribution in [3.05, 3.63) is 35.2 Å². The van der Waals surface area contributed by atoms with Crippen LogP contribution in [0.25, 0.3) is 10.1 Å². The molecule has 1 aliphatic rings. The molecule has 0 bridgehead atoms. The van der Waals surface area contributed by atoms with Crippen LogP contribution in [0.15, 0.2) is 30.3 Å². The molecule has 1 nitrogen and oxygen atoms in total. The van der Waals surface area contributed by atoms with Gasteiger partial charge in [0.2, 0.25) is 0 Å². The fourth-order valence-corrected chi connectivity index (χ4v) is 3.70. The van der Waals surface area contributed by atoms with Gasteiger partial charge in [-0.1, -0.05) is 18.2 Å². The molecule has 1 N–H and O–H groups in total. The number of rotatable bonds is 2. The van der Waals surface area contributed by atoms with Crippen molar-refractivity contribution in [1.82, 2.24) is 5.32 Å². The third-order valence-corrected chi connectivity index (χ3v) is 4.50. The normalized spacial score (nSPS) is 21.4. The molecule has 1 fully saturated rings. The predicted octanol–water partition coefficient (Wildman–Crippen LogP) is 3.44. The van der Waals surface area contributed by atoms with Crippen molar-refractivity contribution in [1.29, 1.82) is 0 Å². The topological polar surface area (TPSA) is 12.0 Å². The summed E-state index contributed by atoms with van der Waals surface area (Å²) in [5, 5.41) is 4.90. The van der Waals surface area contributed by atoms with Crippen molar-refractivity contribution in [2.24, 2.45) is 5.92 Å². The molecule has 1 aliphatic heterocycles. The predicted molar refractivity (Wildman–Crippen MR) is 71.1 cm³/mol. The number of fused-ring (bicyclic) bond motifs is 1. The first-order valence-corrected chi connectivity index (χ1v) is 6.91. The van der Waals surface area contributed by atoms with Gasteiger partial charge in [0.25, 0.3) is 0 Å². The van der Waals surface area contributed by atoms with Crippen LogP contribution >= 0.6 is 11.3 Å². The van der Waals surface area contributed by atoms with Crippen molar-refractivity contribution >= 4 is 21.4 Å². The summed E-state index contributed by atoms with van der Waals surface area (Å²) in [5.74, 6) is 0.849. The maximum Gasteiger partial charge on any atom is 0.0345 e. The highest BCUT2D eigenvalue weighted by molar-refractivity contribution is 7.19. The summed E-state index contributed by atoms with van der Waals surface area (Å²) in [7, 11) is 0. The van der Waals surface area contributed by atoms with E-state index in [1.807, 2.05) is 11.3 Å². The molecule has 0 saturated carbocycles. The summed E-state index contributed by atoms with van der Waals surface area (Å²) < 4.78 is 1.43. The highest BCUT2D eigenvalue weighted by Gasteiger charge is 2.14. The largest absolute Gasteiger partial charge is 0.316 e. The third kappa shape index (κ3) is 2.13. The molecule has 2 heterocycles. The lowest BCUT2D eigenvalue weighted by molar-refractivity contribution is 0.378. The van der Waals surface area contributed by atoms with E-state index in [1.54, 1.807) is 4.88 Å². The molecule has 0 amide bonds. The zero-order valence-electron chi connectivity index (χ0n) is 9.41. The second-order valence-corrected chi connectivity index (χ2v) is 5.84. The van der Waals surface area contributed by atoms with Crippen LogP contribution in [0.4, 0.5) is 0 Å². The number of hydrogen-bond acceptors (Lipinski definition) is 2. The van der Waals surface area contributed by atoms with Crippen LogP contribution in [-0.2, 0) is 6.42 Å². The Morgan fingerprint density at radius 2 is 2.25 bits per heavy atom. The average Bonchev–Trinajstić information content (AvgIpc) is 2.72. The van der Waals surface area contributed by atoms with Crippen molar-refractivity contribution < 1.29 is 0 Å². The Morgan fingerprint density at radius 3 is 3.06 bits per heavy atom. The van der Waals surface area contributed by atoms with E-state index in [0.29, 0.717) is 0 Å². The first-order valence-electron chi connectivity index (χ1n) is 6.10. The highest BCUT2D eigenvalue weighted by atomic mass is 32.1. The number of benzene rings is 1. The molecule has 0 radical (unpaired) electrons. The zero-order valence-corrected chi connectivity index (χ0v) is 10.2. The quantitative estimate of drug-likeness (QED) is 0.835. The van der Waals surface area contributed by atoms with Crippen molar-refractivity contribution in [2.75, 3.05) is 13.1 Å². The molecule has 84 valence electrons. The van der Waals surface area contributed by atoms with Gasteiger partial charge in [0.15, 0.2) is 0 Å². The minimum Gasteiger partial charge on any atom is -0.316 e. The summed E-state index contributed by atoms with van der Waals surface area (Å²) in [6, 6.07) is 11.1. The van der Waals surface area contributed by atoms with Gasteiger partial charge >= 0.3 is 0 Å². The van der Waals surface area contributed by atoms with Gasteiger partial charge < -0.3 is 5.32 Å². The Kier molecular flexibility index (Phi) is 2.94. The molecule has 3 rings (SSSR count). The van der Waals surface area contributed by atoms with Crippen LogP contribution in [0, 0.1) is 5.92 Å². The Hall–Kier alpha value is -0.860. The standard InChI is InChI=1S/C14H17NS/c1-2-6-14-12(5-1)9-13(16-14)8-11-4-3-7-15-10-11/h1-2,5-6,9,11,15H,3-4,7-8,10H2/t11-/m0/s1. The minimum absolute atomic E-state index is 0.849. The lowest BCUT2D eigenvalue weighted by Crippen LogP contribution is -2.30. The first-order chi connectivity index (χ1) is 7.92. The van der Waals surface area contributed by atoms with Gasteiger partial charge in [-0.3, -0.25) is 0 Å². The number of hydrogen-bond donors (Lipinski definition) is 1. The van der Waals surface area contributed by atoms with Gasteiger partial charge in [-0.15, -0.1) is 11.3 Å². The van der Waals surface area contributed by atoms with E-state index in [4.69, 9.17) is 0 Å². The molecule has 0 spiro atoms. The van der Waals surface area contributed by atoms with E-state index in [1.165, 1.54) is 42.4 Å². The fraction of sp³-hybridized carbons (Fsp3) is 0.429. The number of piperidine rings is 1. The lowest BCUT2D eigenvalue weighted by Gasteiger charge is -2.21. The molecule has 2 heteroatoms. The van der Waals surface area contributed by atoms with Gasteiger partial charge in [-0.05, 0) is 55.8 Å². The second-order valence-electron chi connectivity index (χ2n) is 4.67. The van der Waals surface area contributed by atoms with Crippen molar-refractivity contribution in [3.63, 3.8) is 0 Å². The summed E-state index contributed by atoms with van der Waals surface area (Å²) in [5.41, 5.74) is 0. The molecule has 1 aromatic carbocycles. The SMILES string of the molecule is c1ccc2sc(C[C@@H]3CCCNC3)cc2c1. The van der Waals surface area contributed by atoms with E-state index in [-0.39, 0.29) is 0 Å². The van der Waals surface area contributed by atoms with Gasteiger partial charge in [0.1, 0.15) is 0 Å². The maximum atomic E-state index is 3.49. The van der Waals surface area contributed by atoms with Gasteiger partial charge in [0.05, 0.1) is 0 Å². The Labute approximate surface area is 100 Å². The molecular weight excluding hydrogens is 214 g/mol. The van der Waals surface area contributed by atoms with Crippen LogP contribution in [0.1, 0.15) is 17.7 Å². The summed E-state index contributed by atoms with van der Waals surface area (Å²) in [4.78, 5) is 1.55. The van der Waals surface area contributed by atoms with Crippen LogP contribution in [0.5, 0.6) is 0 Å². The third-order valence-electron chi connectivity index (χ3n) is 3.37. The number of nitrogens with one attached hydrogen (secondary N) is 1. The molecule has 1 saturated heterocycles. The molecular formula is C14H17NS.